The Morgan fingerprint density at radius 1 is 1.59 bits per heavy atom. The van der Waals surface area contributed by atoms with Crippen LogP contribution in [0.2, 0.25) is 0 Å². The maximum absolute atomic E-state index is 13.2. The van der Waals surface area contributed by atoms with Crippen molar-refractivity contribution >= 4 is 21.8 Å². The molecule has 1 aromatic rings. The second kappa shape index (κ2) is 6.00. The van der Waals surface area contributed by atoms with Gasteiger partial charge in [0.05, 0.1) is 7.11 Å². The van der Waals surface area contributed by atoms with Crippen LogP contribution in [-0.4, -0.2) is 36.3 Å². The van der Waals surface area contributed by atoms with Crippen LogP contribution in [0.5, 0.6) is 5.75 Å². The largest absolute Gasteiger partial charge is 0.494 e. The third kappa shape index (κ3) is 3.19. The molecule has 0 bridgehead atoms. The number of amides is 1. The van der Waals surface area contributed by atoms with Crippen molar-refractivity contribution in [2.24, 2.45) is 0 Å². The van der Waals surface area contributed by atoms with E-state index in [9.17, 15) is 9.18 Å². The monoisotopic (exact) mass is 303 g/mol. The zero-order valence-corrected chi connectivity index (χ0v) is 11.6. The maximum Gasteiger partial charge on any atom is 0.254 e. The molecule has 5 heteroatoms. The van der Waals surface area contributed by atoms with Crippen molar-refractivity contribution < 1.29 is 13.9 Å². The lowest BCUT2D eigenvalue weighted by Gasteiger charge is -2.23. The van der Waals surface area contributed by atoms with Gasteiger partial charge in [-0.25, -0.2) is 4.39 Å². The average molecular weight is 304 g/mol. The van der Waals surface area contributed by atoms with Crippen molar-refractivity contribution in [3.63, 3.8) is 0 Å². The molecule has 0 radical (unpaired) electrons. The number of ether oxygens (including phenoxy) is 1. The normalized spacial score (nSPS) is 12.1. The summed E-state index contributed by atoms with van der Waals surface area (Å²) in [6, 6.07) is 4.17. The molecule has 1 amide bonds. The van der Waals surface area contributed by atoms with Crippen molar-refractivity contribution in [3.05, 3.63) is 29.6 Å². The molecular formula is C12H15BrFNO2. The highest BCUT2D eigenvalue weighted by molar-refractivity contribution is 9.09. The van der Waals surface area contributed by atoms with Crippen molar-refractivity contribution in [3.8, 4) is 5.75 Å². The highest BCUT2D eigenvalue weighted by atomic mass is 79.9. The van der Waals surface area contributed by atoms with Gasteiger partial charge < -0.3 is 9.64 Å². The van der Waals surface area contributed by atoms with Crippen molar-refractivity contribution in [2.75, 3.05) is 19.5 Å². The van der Waals surface area contributed by atoms with Crippen LogP contribution in [0.25, 0.3) is 0 Å². The molecule has 94 valence electrons. The van der Waals surface area contributed by atoms with Crippen LogP contribution < -0.4 is 4.74 Å². The van der Waals surface area contributed by atoms with Gasteiger partial charge in [-0.1, -0.05) is 15.9 Å². The molecule has 0 fully saturated rings. The smallest absolute Gasteiger partial charge is 0.254 e. The van der Waals surface area contributed by atoms with Crippen LogP contribution in [0.3, 0.4) is 0 Å². The van der Waals surface area contributed by atoms with Crippen LogP contribution in [0.1, 0.15) is 17.3 Å². The van der Waals surface area contributed by atoms with Crippen LogP contribution in [0.15, 0.2) is 18.2 Å². The van der Waals surface area contributed by atoms with Crippen LogP contribution in [0.4, 0.5) is 4.39 Å². The van der Waals surface area contributed by atoms with Gasteiger partial charge in [0.2, 0.25) is 0 Å². The number of carbonyl (C=O) groups is 1. The summed E-state index contributed by atoms with van der Waals surface area (Å²) in [7, 11) is 3.08. The quantitative estimate of drug-likeness (QED) is 0.801. The lowest BCUT2D eigenvalue weighted by atomic mass is 10.1. The minimum atomic E-state index is -0.472. The Bertz CT molecular complexity index is 411. The molecule has 1 unspecified atom stereocenters. The Kier molecular flexibility index (Phi) is 4.93. The molecule has 0 saturated heterocycles. The number of alkyl halides is 1. The Labute approximate surface area is 109 Å². The second-order valence-corrected chi connectivity index (χ2v) is 4.42. The number of hydrogen-bond donors (Lipinski definition) is 0. The number of halogens is 2. The molecule has 0 aliphatic carbocycles. The van der Waals surface area contributed by atoms with E-state index >= 15 is 0 Å². The minimum absolute atomic E-state index is 0.0681. The first-order valence-corrected chi connectivity index (χ1v) is 6.30. The first-order valence-electron chi connectivity index (χ1n) is 5.18. The SMILES string of the molecule is COc1cc(C(=O)N(C)C(C)CBr)ccc1F. The summed E-state index contributed by atoms with van der Waals surface area (Å²) >= 11 is 3.32. The van der Waals surface area contributed by atoms with E-state index < -0.39 is 5.82 Å². The van der Waals surface area contributed by atoms with Gasteiger partial charge in [0.1, 0.15) is 0 Å². The van der Waals surface area contributed by atoms with E-state index in [1.165, 1.54) is 25.3 Å². The average Bonchev–Trinajstić information content (AvgIpc) is 2.36. The minimum Gasteiger partial charge on any atom is -0.494 e. The van der Waals surface area contributed by atoms with Crippen LogP contribution in [0, 0.1) is 5.82 Å². The number of hydrogen-bond acceptors (Lipinski definition) is 2. The van der Waals surface area contributed by atoms with Gasteiger partial charge in [0.25, 0.3) is 5.91 Å². The summed E-state index contributed by atoms with van der Waals surface area (Å²) in [5.74, 6) is -0.550. The fourth-order valence-corrected chi connectivity index (χ4v) is 1.73. The van der Waals surface area contributed by atoms with E-state index in [2.05, 4.69) is 15.9 Å². The molecule has 1 atom stereocenters. The van der Waals surface area contributed by atoms with Gasteiger partial charge in [-0.15, -0.1) is 0 Å². The second-order valence-electron chi connectivity index (χ2n) is 3.77. The maximum atomic E-state index is 13.2. The van der Waals surface area contributed by atoms with Gasteiger partial charge in [0, 0.05) is 24.0 Å². The highest BCUT2D eigenvalue weighted by Crippen LogP contribution is 2.19. The molecule has 17 heavy (non-hydrogen) atoms. The summed E-state index contributed by atoms with van der Waals surface area (Å²) < 4.78 is 18.0. The predicted molar refractivity (Wildman–Crippen MR) is 68.3 cm³/mol. The van der Waals surface area contributed by atoms with Crippen molar-refractivity contribution in [1.82, 2.24) is 4.90 Å². The fourth-order valence-electron chi connectivity index (χ4n) is 1.30. The van der Waals surface area contributed by atoms with E-state index in [4.69, 9.17) is 4.74 Å². The topological polar surface area (TPSA) is 29.5 Å². The first-order chi connectivity index (χ1) is 8.01. The number of carbonyl (C=O) groups excluding carboxylic acids is 1. The molecule has 0 spiro atoms. The van der Waals surface area contributed by atoms with E-state index in [0.717, 1.165) is 0 Å². The summed E-state index contributed by atoms with van der Waals surface area (Å²) in [5, 5.41) is 0.688. The van der Waals surface area contributed by atoms with Gasteiger partial charge >= 0.3 is 0 Å². The zero-order chi connectivity index (χ0) is 13.0. The summed E-state index contributed by atoms with van der Waals surface area (Å²) in [4.78, 5) is 13.7. The van der Waals surface area contributed by atoms with E-state index in [1.54, 1.807) is 11.9 Å². The van der Waals surface area contributed by atoms with Gasteiger partial charge in [-0.3, -0.25) is 4.79 Å². The molecule has 1 rings (SSSR count). The lowest BCUT2D eigenvalue weighted by molar-refractivity contribution is 0.0757. The molecule has 3 nitrogen and oxygen atoms in total. The zero-order valence-electron chi connectivity index (χ0n) is 10.0. The van der Waals surface area contributed by atoms with Crippen LogP contribution in [-0.2, 0) is 0 Å². The molecule has 0 saturated carbocycles. The van der Waals surface area contributed by atoms with E-state index in [0.29, 0.717) is 10.9 Å². The molecule has 0 aliphatic rings. The van der Waals surface area contributed by atoms with E-state index in [1.807, 2.05) is 6.92 Å². The van der Waals surface area contributed by atoms with E-state index in [-0.39, 0.29) is 17.7 Å². The predicted octanol–water partition coefficient (Wildman–Crippen LogP) is 2.69. The Balaban J connectivity index is 2.96. The molecule has 0 aliphatic heterocycles. The number of methoxy groups -OCH3 is 1. The molecular weight excluding hydrogens is 289 g/mol. The number of nitrogens with zero attached hydrogens (tertiary/aromatic N) is 1. The Morgan fingerprint density at radius 2 is 2.24 bits per heavy atom. The fraction of sp³-hybridized carbons (Fsp3) is 0.417. The van der Waals surface area contributed by atoms with Crippen molar-refractivity contribution in [2.45, 2.75) is 13.0 Å². The molecule has 1 aromatic carbocycles. The van der Waals surface area contributed by atoms with Gasteiger partial charge in [-0.05, 0) is 25.1 Å². The number of rotatable bonds is 4. The van der Waals surface area contributed by atoms with Crippen LogP contribution >= 0.6 is 15.9 Å². The standard InChI is InChI=1S/C12H15BrFNO2/c1-8(7-13)15(2)12(16)9-4-5-10(14)11(6-9)17-3/h4-6,8H,7H2,1-3H3. The third-order valence-electron chi connectivity index (χ3n) is 2.60. The number of benzene rings is 1. The Hall–Kier alpha value is -1.10. The summed E-state index contributed by atoms with van der Waals surface area (Å²) in [6.45, 7) is 1.92. The lowest BCUT2D eigenvalue weighted by Crippen LogP contribution is -2.36. The molecule has 0 heterocycles. The molecule has 0 aromatic heterocycles. The summed E-state index contributed by atoms with van der Waals surface area (Å²) in [6.07, 6.45) is 0. The summed E-state index contributed by atoms with van der Waals surface area (Å²) in [5.41, 5.74) is 0.415. The van der Waals surface area contributed by atoms with Crippen molar-refractivity contribution in [1.29, 1.82) is 0 Å². The third-order valence-corrected chi connectivity index (χ3v) is 3.54. The van der Waals surface area contributed by atoms with Gasteiger partial charge in [0.15, 0.2) is 11.6 Å². The Morgan fingerprint density at radius 3 is 2.76 bits per heavy atom. The molecule has 0 N–H and O–H groups in total. The highest BCUT2D eigenvalue weighted by Gasteiger charge is 2.18. The van der Waals surface area contributed by atoms with Gasteiger partial charge in [-0.2, -0.15) is 0 Å². The first kappa shape index (κ1) is 14.0.